The molecule has 0 spiro atoms. The molecule has 12 heteroatoms. The molecule has 1 aromatic carbocycles. The lowest BCUT2D eigenvalue weighted by molar-refractivity contribution is -0.150. The maximum absolute atomic E-state index is 14.0. The van der Waals surface area contributed by atoms with Gasteiger partial charge in [-0.15, -0.1) is 0 Å². The molecule has 3 heterocycles. The van der Waals surface area contributed by atoms with Gasteiger partial charge in [0.15, 0.2) is 0 Å². The van der Waals surface area contributed by atoms with Crippen LogP contribution in [0.5, 0.6) is 11.6 Å². The number of aromatic nitrogens is 2. The molecule has 2 amide bonds. The smallest absolute Gasteiger partial charge is 0.408 e. The summed E-state index contributed by atoms with van der Waals surface area (Å²) in [5, 5.41) is 12.8. The molecule has 12 nitrogen and oxygen atoms in total. The fourth-order valence-corrected chi connectivity index (χ4v) is 6.50. The van der Waals surface area contributed by atoms with Gasteiger partial charge in [0.05, 0.1) is 24.7 Å². The monoisotopic (exact) mass is 597 g/mol. The van der Waals surface area contributed by atoms with Crippen molar-refractivity contribution in [3.05, 3.63) is 23.9 Å². The lowest BCUT2D eigenvalue weighted by atomic mass is 9.85. The van der Waals surface area contributed by atoms with E-state index in [0.29, 0.717) is 34.8 Å². The number of nitrogens with two attached hydrogens (primary N) is 1. The number of amides is 2. The van der Waals surface area contributed by atoms with Gasteiger partial charge in [-0.3, -0.25) is 4.79 Å². The maximum atomic E-state index is 14.0. The van der Waals surface area contributed by atoms with Gasteiger partial charge < -0.3 is 35.3 Å². The molecule has 2 aromatic rings. The first-order chi connectivity index (χ1) is 20.4. The van der Waals surface area contributed by atoms with Crippen LogP contribution in [-0.2, 0) is 20.7 Å². The summed E-state index contributed by atoms with van der Waals surface area (Å²) < 4.78 is 17.6. The van der Waals surface area contributed by atoms with E-state index in [1.165, 1.54) is 4.90 Å². The van der Waals surface area contributed by atoms with Gasteiger partial charge in [0.1, 0.15) is 35.7 Å². The van der Waals surface area contributed by atoms with E-state index in [0.717, 1.165) is 38.5 Å². The normalized spacial score (nSPS) is 29.0. The van der Waals surface area contributed by atoms with Crippen LogP contribution in [-0.4, -0.2) is 81.9 Å². The predicted molar refractivity (Wildman–Crippen MR) is 158 cm³/mol. The van der Waals surface area contributed by atoms with E-state index in [9.17, 15) is 19.5 Å². The number of ether oxygens (including phenoxy) is 3. The number of benzene rings is 1. The summed E-state index contributed by atoms with van der Waals surface area (Å²) in [6.07, 6.45) is 4.12. The molecule has 234 valence electrons. The highest BCUT2D eigenvalue weighted by Crippen LogP contribution is 2.34. The van der Waals surface area contributed by atoms with E-state index in [4.69, 9.17) is 29.9 Å². The molecule has 5 rings (SSSR count). The molecule has 2 fully saturated rings. The fraction of sp³-hybridized carbons (Fsp3) is 0.645. The standard InChI is InChI=1S/C31H43N5O7/c1-31(2,3)26-28(37)36-16-19(15-24(36)29(38)39)42-27-22(33-21-13-11-18(41-4)14-23(21)34-27)9-7-5-6-8-17-10-12-20(32)25(17)43-30(40)35-26/h11,13-14,17,19-20,24-26H,5-10,12,15-16,32H2,1-4H3,(H,35,40)(H,38,39)/t17-,19-,20-,24+,25+,26-/m1/s1. The van der Waals surface area contributed by atoms with Crippen molar-refractivity contribution in [1.29, 1.82) is 0 Å². The van der Waals surface area contributed by atoms with E-state index in [1.807, 2.05) is 32.9 Å². The summed E-state index contributed by atoms with van der Waals surface area (Å²) >= 11 is 0. The van der Waals surface area contributed by atoms with Crippen molar-refractivity contribution in [1.82, 2.24) is 20.2 Å². The number of carbonyl (C=O) groups is 3. The van der Waals surface area contributed by atoms with Gasteiger partial charge in [-0.1, -0.05) is 33.6 Å². The highest BCUT2D eigenvalue weighted by Gasteiger charge is 2.47. The molecule has 6 atom stereocenters. The van der Waals surface area contributed by atoms with Gasteiger partial charge >= 0.3 is 12.1 Å². The second kappa shape index (κ2) is 12.5. The molecule has 2 bridgehead atoms. The molecule has 1 aromatic heterocycles. The van der Waals surface area contributed by atoms with Crippen LogP contribution in [0.2, 0.25) is 0 Å². The van der Waals surface area contributed by atoms with Crippen molar-refractivity contribution in [2.45, 2.75) is 102 Å². The second-order valence-corrected chi connectivity index (χ2v) is 13.1. The number of nitrogens with one attached hydrogen (secondary N) is 1. The van der Waals surface area contributed by atoms with E-state index in [1.54, 1.807) is 13.2 Å². The third kappa shape index (κ3) is 6.79. The van der Waals surface area contributed by atoms with Crippen molar-refractivity contribution in [2.75, 3.05) is 13.7 Å². The zero-order valence-electron chi connectivity index (χ0n) is 25.4. The number of methoxy groups -OCH3 is 1. The minimum atomic E-state index is -1.14. The van der Waals surface area contributed by atoms with Gasteiger partial charge in [0.25, 0.3) is 0 Å². The molecule has 0 unspecified atom stereocenters. The second-order valence-electron chi connectivity index (χ2n) is 13.1. The number of hydrogen-bond donors (Lipinski definition) is 3. The first-order valence-electron chi connectivity index (χ1n) is 15.2. The Morgan fingerprint density at radius 3 is 2.60 bits per heavy atom. The number of hydrogen-bond acceptors (Lipinski definition) is 9. The van der Waals surface area contributed by atoms with Gasteiger partial charge in [0.2, 0.25) is 11.8 Å². The third-order valence-corrected chi connectivity index (χ3v) is 8.88. The zero-order chi connectivity index (χ0) is 30.9. The Bertz CT molecular complexity index is 1360. The average Bonchev–Trinajstić information content (AvgIpc) is 3.53. The molecule has 2 aliphatic heterocycles. The maximum Gasteiger partial charge on any atom is 0.408 e. The first kappa shape index (κ1) is 30.8. The lowest BCUT2D eigenvalue weighted by Crippen LogP contribution is -2.57. The first-order valence-corrected chi connectivity index (χ1v) is 15.2. The number of carbonyl (C=O) groups excluding carboxylic acids is 2. The van der Waals surface area contributed by atoms with Crippen LogP contribution in [0.1, 0.15) is 71.4 Å². The average molecular weight is 598 g/mol. The Kier molecular flexibility index (Phi) is 8.96. The lowest BCUT2D eigenvalue weighted by Gasteiger charge is -2.35. The van der Waals surface area contributed by atoms with Crippen molar-refractivity contribution in [2.24, 2.45) is 17.1 Å². The van der Waals surface area contributed by atoms with Gasteiger partial charge in [-0.05, 0) is 55.6 Å². The van der Waals surface area contributed by atoms with Gasteiger partial charge in [-0.2, -0.15) is 0 Å². The molecule has 43 heavy (non-hydrogen) atoms. The number of alkyl carbamates (subject to hydrolysis) is 1. The third-order valence-electron chi connectivity index (χ3n) is 8.88. The van der Waals surface area contributed by atoms with Crippen LogP contribution in [0.25, 0.3) is 11.0 Å². The summed E-state index contributed by atoms with van der Waals surface area (Å²) in [4.78, 5) is 50.4. The van der Waals surface area contributed by atoms with Crippen LogP contribution >= 0.6 is 0 Å². The Hall–Kier alpha value is -3.67. The minimum Gasteiger partial charge on any atom is -0.497 e. The van der Waals surface area contributed by atoms with Gasteiger partial charge in [-0.25, -0.2) is 19.6 Å². The highest BCUT2D eigenvalue weighted by atomic mass is 16.6. The van der Waals surface area contributed by atoms with Crippen molar-refractivity contribution < 1.29 is 33.7 Å². The number of carboxylic acid groups (broad SMARTS) is 1. The topological polar surface area (TPSA) is 166 Å². The van der Waals surface area contributed by atoms with E-state index < -0.39 is 47.7 Å². The molecular formula is C31H43N5O7. The molecule has 3 aliphatic rings. The highest BCUT2D eigenvalue weighted by molar-refractivity contribution is 5.90. The van der Waals surface area contributed by atoms with E-state index in [-0.39, 0.29) is 24.9 Å². The van der Waals surface area contributed by atoms with Crippen molar-refractivity contribution in [3.8, 4) is 11.6 Å². The molecule has 0 radical (unpaired) electrons. The molecule has 4 N–H and O–H groups in total. The van der Waals surface area contributed by atoms with Gasteiger partial charge in [0, 0.05) is 18.5 Å². The number of rotatable bonds is 2. The van der Waals surface area contributed by atoms with Crippen LogP contribution in [0.4, 0.5) is 4.79 Å². The minimum absolute atomic E-state index is 0.0198. The van der Waals surface area contributed by atoms with Crippen LogP contribution in [0.15, 0.2) is 18.2 Å². The Morgan fingerprint density at radius 2 is 1.88 bits per heavy atom. The van der Waals surface area contributed by atoms with E-state index in [2.05, 4.69) is 5.32 Å². The number of aliphatic carboxylic acids is 1. The Morgan fingerprint density at radius 1 is 1.09 bits per heavy atom. The van der Waals surface area contributed by atoms with Crippen LogP contribution in [0.3, 0.4) is 0 Å². The van der Waals surface area contributed by atoms with Crippen LogP contribution < -0.4 is 20.5 Å². The molecule has 1 saturated carbocycles. The quantitative estimate of drug-likeness (QED) is 0.467. The number of carboxylic acids is 1. The molecule has 1 aliphatic carbocycles. The number of aryl methyl sites for hydroxylation is 1. The summed E-state index contributed by atoms with van der Waals surface area (Å²) in [6.45, 7) is 5.47. The largest absolute Gasteiger partial charge is 0.497 e. The summed E-state index contributed by atoms with van der Waals surface area (Å²) in [5.74, 6) is -0.551. The summed E-state index contributed by atoms with van der Waals surface area (Å²) in [6, 6.07) is 3.04. The Balaban J connectivity index is 1.50. The summed E-state index contributed by atoms with van der Waals surface area (Å²) in [7, 11) is 1.58. The Labute approximate surface area is 251 Å². The van der Waals surface area contributed by atoms with Crippen molar-refractivity contribution in [3.63, 3.8) is 0 Å². The number of fused-ring (bicyclic) bond motifs is 5. The summed E-state index contributed by atoms with van der Waals surface area (Å²) in [5.41, 5.74) is 7.62. The molecule has 1 saturated heterocycles. The van der Waals surface area contributed by atoms with Crippen molar-refractivity contribution >= 4 is 29.0 Å². The molecular weight excluding hydrogens is 554 g/mol. The predicted octanol–water partition coefficient (Wildman–Crippen LogP) is 3.43. The SMILES string of the molecule is COc1ccc2nc3c(nc2c1)O[C@@H]1C[C@@H](C(=O)O)N(C1)C(=O)[C@H](C(C)(C)C)NC(=O)O[C@H]1[C@H](CCCCC3)CC[C@H]1N. The fourth-order valence-electron chi connectivity index (χ4n) is 6.50. The van der Waals surface area contributed by atoms with Crippen LogP contribution in [0, 0.1) is 11.3 Å². The van der Waals surface area contributed by atoms with E-state index >= 15 is 0 Å². The zero-order valence-corrected chi connectivity index (χ0v) is 25.4. The number of nitrogens with zero attached hydrogens (tertiary/aromatic N) is 3.